The molecule has 0 saturated carbocycles. The molecule has 1 saturated heterocycles. The topological polar surface area (TPSA) is 52.7 Å². The largest absolute Gasteiger partial charge is 0.322 e. The van der Waals surface area contributed by atoms with E-state index in [0.717, 1.165) is 36.3 Å². The minimum Gasteiger partial charge on any atom is -0.322 e. The van der Waals surface area contributed by atoms with Crippen LogP contribution in [0.25, 0.3) is 11.1 Å². The third kappa shape index (κ3) is 5.47. The van der Waals surface area contributed by atoms with Gasteiger partial charge in [-0.3, -0.25) is 14.5 Å². The van der Waals surface area contributed by atoms with Gasteiger partial charge in [-0.25, -0.2) is 0 Å². The molecule has 0 aromatic heterocycles. The molecule has 39 heavy (non-hydrogen) atoms. The number of para-hydroxylation sites is 1. The number of aryl methyl sites for hydroxylation is 1. The molecule has 2 aliphatic heterocycles. The van der Waals surface area contributed by atoms with Gasteiger partial charge >= 0.3 is 0 Å². The van der Waals surface area contributed by atoms with Crippen molar-refractivity contribution in [2.45, 2.75) is 32.4 Å². The highest BCUT2D eigenvalue weighted by molar-refractivity contribution is 6.10. The van der Waals surface area contributed by atoms with Crippen LogP contribution in [0, 0.1) is 6.92 Å². The number of carbonyl (C=O) groups excluding carboxylic acids is 2. The van der Waals surface area contributed by atoms with Gasteiger partial charge in [-0.15, -0.1) is 12.4 Å². The standard InChI is InChI=1S/C33H31N3O2.ClH/c1-23-12-14-24(15-13-23)29-9-3-4-10-30(29)32(37)34-27-18-16-25(17-19-27)33(38)36-22-28-8-6-20-35(28)21-26-7-2-5-11-31(26)36;/h2-5,7,9-19,28H,6,8,20-22H2,1H3,(H,34,37);1H/t28-;/m1./s1. The van der Waals surface area contributed by atoms with Crippen molar-refractivity contribution in [1.29, 1.82) is 0 Å². The first-order chi connectivity index (χ1) is 18.6. The van der Waals surface area contributed by atoms with E-state index in [-0.39, 0.29) is 24.2 Å². The van der Waals surface area contributed by atoms with Crippen molar-refractivity contribution in [3.05, 3.63) is 119 Å². The van der Waals surface area contributed by atoms with Gasteiger partial charge in [-0.1, -0.05) is 66.2 Å². The molecule has 198 valence electrons. The van der Waals surface area contributed by atoms with Gasteiger partial charge in [0.2, 0.25) is 0 Å². The summed E-state index contributed by atoms with van der Waals surface area (Å²) < 4.78 is 0. The third-order valence-electron chi connectivity index (χ3n) is 7.72. The van der Waals surface area contributed by atoms with E-state index in [9.17, 15) is 9.59 Å². The molecule has 1 atom stereocenters. The van der Waals surface area contributed by atoms with Crippen molar-refractivity contribution in [3.63, 3.8) is 0 Å². The first kappa shape index (κ1) is 26.7. The molecular formula is C33H32ClN3O2. The quantitative estimate of drug-likeness (QED) is 0.306. The van der Waals surface area contributed by atoms with Gasteiger partial charge in [0, 0.05) is 41.6 Å². The molecule has 0 unspecified atom stereocenters. The Kier molecular flexibility index (Phi) is 7.82. The van der Waals surface area contributed by atoms with E-state index in [4.69, 9.17) is 0 Å². The molecule has 2 amide bonds. The normalized spacial score (nSPS) is 16.4. The highest BCUT2D eigenvalue weighted by Crippen LogP contribution is 2.32. The summed E-state index contributed by atoms with van der Waals surface area (Å²) in [6, 6.07) is 31.6. The summed E-state index contributed by atoms with van der Waals surface area (Å²) in [5, 5.41) is 3.01. The molecule has 0 spiro atoms. The summed E-state index contributed by atoms with van der Waals surface area (Å²) >= 11 is 0. The van der Waals surface area contributed by atoms with Crippen molar-refractivity contribution in [2.75, 3.05) is 23.3 Å². The second-order valence-electron chi connectivity index (χ2n) is 10.3. The van der Waals surface area contributed by atoms with Gasteiger partial charge in [0.05, 0.1) is 0 Å². The number of amides is 2. The molecule has 2 heterocycles. The Morgan fingerprint density at radius 2 is 1.56 bits per heavy atom. The van der Waals surface area contributed by atoms with Crippen molar-refractivity contribution < 1.29 is 9.59 Å². The summed E-state index contributed by atoms with van der Waals surface area (Å²) in [5.74, 6) is -0.184. The van der Waals surface area contributed by atoms with Crippen molar-refractivity contribution in [2.24, 2.45) is 0 Å². The lowest BCUT2D eigenvalue weighted by atomic mass is 9.98. The van der Waals surface area contributed by atoms with Gasteiger partial charge < -0.3 is 10.2 Å². The van der Waals surface area contributed by atoms with Crippen molar-refractivity contribution in [3.8, 4) is 11.1 Å². The number of fused-ring (bicyclic) bond motifs is 2. The number of hydrogen-bond donors (Lipinski definition) is 1. The van der Waals surface area contributed by atoms with Crippen LogP contribution in [0.1, 0.15) is 44.7 Å². The van der Waals surface area contributed by atoms with Crippen LogP contribution in [0.5, 0.6) is 0 Å². The molecule has 6 rings (SSSR count). The SMILES string of the molecule is Cc1ccc(-c2ccccc2C(=O)Nc2ccc(C(=O)N3C[C@H]4CCCN4Cc4ccccc43)cc2)cc1.Cl. The van der Waals surface area contributed by atoms with Crippen LogP contribution in [0.3, 0.4) is 0 Å². The van der Waals surface area contributed by atoms with Crippen LogP contribution in [0.4, 0.5) is 11.4 Å². The van der Waals surface area contributed by atoms with Crippen LogP contribution < -0.4 is 10.2 Å². The van der Waals surface area contributed by atoms with Crippen LogP contribution in [0.2, 0.25) is 0 Å². The summed E-state index contributed by atoms with van der Waals surface area (Å²) in [6.45, 7) is 4.72. The second kappa shape index (κ2) is 11.4. The molecule has 1 N–H and O–H groups in total. The molecular weight excluding hydrogens is 506 g/mol. The molecule has 0 radical (unpaired) electrons. The smallest absolute Gasteiger partial charge is 0.258 e. The van der Waals surface area contributed by atoms with E-state index in [0.29, 0.717) is 29.4 Å². The van der Waals surface area contributed by atoms with E-state index in [1.54, 1.807) is 0 Å². The average molecular weight is 538 g/mol. The lowest BCUT2D eigenvalue weighted by Crippen LogP contribution is -2.40. The maximum absolute atomic E-state index is 13.7. The molecule has 0 bridgehead atoms. The Bertz CT molecular complexity index is 1480. The average Bonchev–Trinajstić information content (AvgIpc) is 3.32. The Balaban J connectivity index is 0.00000308. The zero-order valence-electron chi connectivity index (χ0n) is 22.0. The summed E-state index contributed by atoms with van der Waals surface area (Å²) in [7, 11) is 0. The highest BCUT2D eigenvalue weighted by Gasteiger charge is 2.33. The number of halogens is 1. The third-order valence-corrected chi connectivity index (χ3v) is 7.72. The van der Waals surface area contributed by atoms with Gasteiger partial charge in [0.15, 0.2) is 0 Å². The monoisotopic (exact) mass is 537 g/mol. The summed E-state index contributed by atoms with van der Waals surface area (Å²) in [4.78, 5) is 31.4. The molecule has 6 heteroatoms. The van der Waals surface area contributed by atoms with E-state index in [1.165, 1.54) is 17.5 Å². The number of nitrogens with zero attached hydrogens (tertiary/aromatic N) is 2. The minimum atomic E-state index is -0.178. The summed E-state index contributed by atoms with van der Waals surface area (Å²) in [6.07, 6.45) is 2.29. The van der Waals surface area contributed by atoms with Crippen LogP contribution >= 0.6 is 12.4 Å². The number of nitrogens with one attached hydrogen (secondary N) is 1. The van der Waals surface area contributed by atoms with Crippen LogP contribution in [0.15, 0.2) is 97.1 Å². The fraction of sp³-hybridized carbons (Fsp3) is 0.212. The van der Waals surface area contributed by atoms with Crippen molar-refractivity contribution in [1.82, 2.24) is 4.90 Å². The molecule has 5 nitrogen and oxygen atoms in total. The van der Waals surface area contributed by atoms with Gasteiger partial charge in [-0.2, -0.15) is 0 Å². The van der Waals surface area contributed by atoms with Crippen molar-refractivity contribution >= 4 is 35.6 Å². The Morgan fingerprint density at radius 3 is 2.36 bits per heavy atom. The number of anilines is 2. The first-order valence-electron chi connectivity index (χ1n) is 13.3. The van der Waals surface area contributed by atoms with E-state index in [2.05, 4.69) is 22.3 Å². The molecule has 1 fully saturated rings. The Morgan fingerprint density at radius 1 is 0.846 bits per heavy atom. The lowest BCUT2D eigenvalue weighted by Gasteiger charge is -2.26. The molecule has 0 aliphatic carbocycles. The number of benzene rings is 4. The van der Waals surface area contributed by atoms with E-state index in [1.807, 2.05) is 96.8 Å². The lowest BCUT2D eigenvalue weighted by molar-refractivity contribution is 0.0980. The minimum absolute atomic E-state index is 0. The zero-order valence-corrected chi connectivity index (χ0v) is 22.8. The maximum Gasteiger partial charge on any atom is 0.258 e. The fourth-order valence-corrected chi connectivity index (χ4v) is 5.65. The molecule has 4 aromatic rings. The van der Waals surface area contributed by atoms with E-state index < -0.39 is 0 Å². The molecule has 2 aliphatic rings. The first-order valence-corrected chi connectivity index (χ1v) is 13.3. The predicted octanol–water partition coefficient (Wildman–Crippen LogP) is 6.96. The second-order valence-corrected chi connectivity index (χ2v) is 10.3. The molecule has 4 aromatic carbocycles. The summed E-state index contributed by atoms with van der Waals surface area (Å²) in [5.41, 5.74) is 7.14. The van der Waals surface area contributed by atoms with Gasteiger partial charge in [0.1, 0.15) is 0 Å². The van der Waals surface area contributed by atoms with Gasteiger partial charge in [0.25, 0.3) is 11.8 Å². The maximum atomic E-state index is 13.7. The predicted molar refractivity (Wildman–Crippen MR) is 160 cm³/mol. The van der Waals surface area contributed by atoms with E-state index >= 15 is 0 Å². The fourth-order valence-electron chi connectivity index (χ4n) is 5.65. The Hall–Kier alpha value is -3.93. The van der Waals surface area contributed by atoms with Crippen LogP contribution in [-0.2, 0) is 6.54 Å². The van der Waals surface area contributed by atoms with Gasteiger partial charge in [-0.05, 0) is 79.4 Å². The zero-order chi connectivity index (χ0) is 26.1. The number of carbonyl (C=O) groups is 2. The van der Waals surface area contributed by atoms with Crippen LogP contribution in [-0.4, -0.2) is 35.8 Å². The Labute approximate surface area is 235 Å². The highest BCUT2D eigenvalue weighted by atomic mass is 35.5. The number of hydrogen-bond acceptors (Lipinski definition) is 3. The number of rotatable bonds is 4.